The molecule has 82 valence electrons. The molecule has 0 amide bonds. The van der Waals surface area contributed by atoms with E-state index in [1.807, 2.05) is 13.0 Å². The number of hydrogen-bond donors (Lipinski definition) is 1. The second kappa shape index (κ2) is 3.81. The third-order valence-corrected chi connectivity index (χ3v) is 3.14. The van der Waals surface area contributed by atoms with Crippen molar-refractivity contribution in [3.63, 3.8) is 0 Å². The van der Waals surface area contributed by atoms with E-state index in [0.717, 1.165) is 5.56 Å². The van der Waals surface area contributed by atoms with Crippen molar-refractivity contribution in [2.24, 2.45) is 11.7 Å². The molecule has 0 fully saturated rings. The molecule has 2 nitrogen and oxygen atoms in total. The molecule has 0 aliphatic carbocycles. The Labute approximate surface area is 89.2 Å². The number of halogens is 1. The number of fused-ring (bicyclic) bond motifs is 1. The van der Waals surface area contributed by atoms with E-state index in [0.29, 0.717) is 18.2 Å². The molecule has 0 spiro atoms. The van der Waals surface area contributed by atoms with Crippen LogP contribution in [0.25, 0.3) is 0 Å². The van der Waals surface area contributed by atoms with E-state index >= 15 is 0 Å². The predicted molar refractivity (Wildman–Crippen MR) is 57.4 cm³/mol. The normalized spacial score (nSPS) is 25.9. The molecule has 0 radical (unpaired) electrons. The van der Waals surface area contributed by atoms with Gasteiger partial charge in [0.25, 0.3) is 0 Å². The van der Waals surface area contributed by atoms with Crippen molar-refractivity contribution in [1.29, 1.82) is 0 Å². The molecule has 2 rings (SSSR count). The van der Waals surface area contributed by atoms with Crippen molar-refractivity contribution in [2.75, 3.05) is 6.54 Å². The van der Waals surface area contributed by atoms with Crippen LogP contribution < -0.4 is 10.5 Å². The van der Waals surface area contributed by atoms with E-state index < -0.39 is 0 Å². The summed E-state index contributed by atoms with van der Waals surface area (Å²) in [6.07, 6.45) is 0.0837. The first-order valence-electron chi connectivity index (χ1n) is 5.29. The summed E-state index contributed by atoms with van der Waals surface area (Å²) in [6, 6.07) is 4.75. The smallest absolute Gasteiger partial charge is 0.126 e. The molecule has 0 saturated heterocycles. The molecule has 1 aliphatic rings. The largest absolute Gasteiger partial charge is 0.490 e. The summed E-state index contributed by atoms with van der Waals surface area (Å²) >= 11 is 0. The lowest BCUT2D eigenvalue weighted by molar-refractivity contribution is 0.200. The summed E-state index contributed by atoms with van der Waals surface area (Å²) in [5.41, 5.74) is 6.76. The Morgan fingerprint density at radius 1 is 1.53 bits per heavy atom. The van der Waals surface area contributed by atoms with E-state index in [-0.39, 0.29) is 17.8 Å². The van der Waals surface area contributed by atoms with Gasteiger partial charge in [-0.25, -0.2) is 4.39 Å². The minimum Gasteiger partial charge on any atom is -0.490 e. The zero-order chi connectivity index (χ0) is 11.0. The SMILES string of the molecule is CC(CN)C1c2ccc(F)cc2OC1C. The van der Waals surface area contributed by atoms with Crippen LogP contribution in [-0.2, 0) is 0 Å². The first kappa shape index (κ1) is 10.4. The van der Waals surface area contributed by atoms with E-state index in [9.17, 15) is 4.39 Å². The van der Waals surface area contributed by atoms with Crippen LogP contribution in [-0.4, -0.2) is 12.6 Å². The van der Waals surface area contributed by atoms with Gasteiger partial charge in [0.15, 0.2) is 0 Å². The third kappa shape index (κ3) is 1.72. The fourth-order valence-corrected chi connectivity index (χ4v) is 2.33. The highest BCUT2D eigenvalue weighted by atomic mass is 19.1. The lowest BCUT2D eigenvalue weighted by Gasteiger charge is -2.20. The van der Waals surface area contributed by atoms with Gasteiger partial charge in [0, 0.05) is 17.5 Å². The first-order valence-corrected chi connectivity index (χ1v) is 5.29. The van der Waals surface area contributed by atoms with Crippen LogP contribution in [0.3, 0.4) is 0 Å². The van der Waals surface area contributed by atoms with E-state index in [4.69, 9.17) is 10.5 Å². The first-order chi connectivity index (χ1) is 7.13. The fourth-order valence-electron chi connectivity index (χ4n) is 2.33. The van der Waals surface area contributed by atoms with Gasteiger partial charge >= 0.3 is 0 Å². The van der Waals surface area contributed by atoms with Gasteiger partial charge in [-0.15, -0.1) is 0 Å². The van der Waals surface area contributed by atoms with Gasteiger partial charge in [-0.05, 0) is 25.5 Å². The van der Waals surface area contributed by atoms with Gasteiger partial charge in [-0.1, -0.05) is 13.0 Å². The minimum atomic E-state index is -0.248. The zero-order valence-electron chi connectivity index (χ0n) is 9.03. The van der Waals surface area contributed by atoms with E-state index in [1.54, 1.807) is 0 Å². The lowest BCUT2D eigenvalue weighted by Crippen LogP contribution is -2.25. The summed E-state index contributed by atoms with van der Waals surface area (Å²) in [4.78, 5) is 0. The average Bonchev–Trinajstić information content (AvgIpc) is 2.52. The van der Waals surface area contributed by atoms with Crippen LogP contribution in [0.1, 0.15) is 25.3 Å². The minimum absolute atomic E-state index is 0.0837. The molecule has 15 heavy (non-hydrogen) atoms. The van der Waals surface area contributed by atoms with Crippen molar-refractivity contribution in [3.8, 4) is 5.75 Å². The van der Waals surface area contributed by atoms with Crippen LogP contribution in [0, 0.1) is 11.7 Å². The Morgan fingerprint density at radius 2 is 2.27 bits per heavy atom. The second-order valence-corrected chi connectivity index (χ2v) is 4.24. The molecule has 0 bridgehead atoms. The summed E-state index contributed by atoms with van der Waals surface area (Å²) < 4.78 is 18.6. The Bertz CT molecular complexity index is 367. The molecular weight excluding hydrogens is 193 g/mol. The molecule has 2 N–H and O–H groups in total. The van der Waals surface area contributed by atoms with Crippen molar-refractivity contribution in [1.82, 2.24) is 0 Å². The number of ether oxygens (including phenoxy) is 1. The molecule has 3 atom stereocenters. The maximum absolute atomic E-state index is 13.0. The maximum Gasteiger partial charge on any atom is 0.126 e. The van der Waals surface area contributed by atoms with Crippen molar-refractivity contribution < 1.29 is 9.13 Å². The van der Waals surface area contributed by atoms with Crippen LogP contribution in [0.5, 0.6) is 5.75 Å². The summed E-state index contributed by atoms with van der Waals surface area (Å²) in [7, 11) is 0. The molecule has 1 aromatic carbocycles. The fraction of sp³-hybridized carbons (Fsp3) is 0.500. The van der Waals surface area contributed by atoms with E-state index in [2.05, 4.69) is 6.92 Å². The summed E-state index contributed by atoms with van der Waals surface area (Å²) in [6.45, 7) is 4.73. The highest BCUT2D eigenvalue weighted by molar-refractivity contribution is 5.41. The Balaban J connectivity index is 2.37. The highest BCUT2D eigenvalue weighted by Gasteiger charge is 2.34. The van der Waals surface area contributed by atoms with E-state index in [1.165, 1.54) is 12.1 Å². The van der Waals surface area contributed by atoms with Crippen LogP contribution >= 0.6 is 0 Å². The molecule has 0 aromatic heterocycles. The maximum atomic E-state index is 13.0. The third-order valence-electron chi connectivity index (χ3n) is 3.14. The van der Waals surface area contributed by atoms with Crippen LogP contribution in [0.4, 0.5) is 4.39 Å². The number of benzene rings is 1. The number of nitrogens with two attached hydrogens (primary N) is 1. The molecule has 1 aliphatic heterocycles. The molecule has 1 heterocycles. The molecular formula is C12H16FNO. The Hall–Kier alpha value is -1.09. The zero-order valence-corrected chi connectivity index (χ0v) is 9.03. The van der Waals surface area contributed by atoms with Crippen molar-refractivity contribution in [3.05, 3.63) is 29.6 Å². The monoisotopic (exact) mass is 209 g/mol. The molecule has 1 aromatic rings. The Kier molecular flexibility index (Phi) is 2.65. The molecule has 0 saturated carbocycles. The van der Waals surface area contributed by atoms with Crippen LogP contribution in [0.15, 0.2) is 18.2 Å². The van der Waals surface area contributed by atoms with Gasteiger partial charge in [0.2, 0.25) is 0 Å². The quantitative estimate of drug-likeness (QED) is 0.811. The second-order valence-electron chi connectivity index (χ2n) is 4.24. The van der Waals surface area contributed by atoms with Gasteiger partial charge in [0.05, 0.1) is 0 Å². The Morgan fingerprint density at radius 3 is 2.93 bits per heavy atom. The topological polar surface area (TPSA) is 35.2 Å². The summed E-state index contributed by atoms with van der Waals surface area (Å²) in [5, 5.41) is 0. The summed E-state index contributed by atoms with van der Waals surface area (Å²) in [5.74, 6) is 1.06. The molecule has 3 heteroatoms. The lowest BCUT2D eigenvalue weighted by atomic mass is 9.85. The standard InChI is InChI=1S/C12H16FNO/c1-7(6-14)12-8(2)15-11-5-9(13)3-4-10(11)12/h3-5,7-8,12H,6,14H2,1-2H3. The average molecular weight is 209 g/mol. The molecule has 3 unspecified atom stereocenters. The van der Waals surface area contributed by atoms with Gasteiger partial charge in [-0.3, -0.25) is 0 Å². The van der Waals surface area contributed by atoms with Gasteiger partial charge in [0.1, 0.15) is 17.7 Å². The highest BCUT2D eigenvalue weighted by Crippen LogP contribution is 2.42. The van der Waals surface area contributed by atoms with Crippen molar-refractivity contribution >= 4 is 0 Å². The number of rotatable bonds is 2. The van der Waals surface area contributed by atoms with Gasteiger partial charge in [-0.2, -0.15) is 0 Å². The predicted octanol–water partition coefficient (Wildman–Crippen LogP) is 2.29. The van der Waals surface area contributed by atoms with Crippen LogP contribution in [0.2, 0.25) is 0 Å². The van der Waals surface area contributed by atoms with Gasteiger partial charge < -0.3 is 10.5 Å². The number of hydrogen-bond acceptors (Lipinski definition) is 2. The van der Waals surface area contributed by atoms with Crippen molar-refractivity contribution in [2.45, 2.75) is 25.9 Å².